The molecule has 0 aliphatic heterocycles. The summed E-state index contributed by atoms with van der Waals surface area (Å²) < 4.78 is 5.24. The first-order chi connectivity index (χ1) is 23.1. The van der Waals surface area contributed by atoms with E-state index in [9.17, 15) is 19.5 Å². The Balaban J connectivity index is 1.64. The number of benzene rings is 4. The molecule has 0 aliphatic rings. The number of ether oxygens (including phenoxy) is 1. The molecule has 3 atom stereocenters. The second kappa shape index (κ2) is 17.8. The van der Waals surface area contributed by atoms with Crippen molar-refractivity contribution in [1.82, 2.24) is 10.6 Å². The van der Waals surface area contributed by atoms with Crippen molar-refractivity contribution in [3.63, 3.8) is 0 Å². The fourth-order valence-electron chi connectivity index (χ4n) is 6.30. The van der Waals surface area contributed by atoms with Crippen LogP contribution in [-0.2, 0) is 32.0 Å². The van der Waals surface area contributed by atoms with Crippen LogP contribution in [0.4, 0.5) is 0 Å². The number of carbonyl (C=O) groups is 3. The zero-order valence-corrected chi connectivity index (χ0v) is 28.7. The van der Waals surface area contributed by atoms with Crippen molar-refractivity contribution in [3.8, 4) is 0 Å². The van der Waals surface area contributed by atoms with Crippen molar-refractivity contribution in [2.24, 2.45) is 17.6 Å². The van der Waals surface area contributed by atoms with E-state index in [2.05, 4.69) is 59.2 Å². The summed E-state index contributed by atoms with van der Waals surface area (Å²) in [5.41, 5.74) is 7.89. The minimum absolute atomic E-state index is 0.0767. The highest BCUT2D eigenvalue weighted by Gasteiger charge is 2.33. The van der Waals surface area contributed by atoms with Gasteiger partial charge in [-0.3, -0.25) is 9.59 Å². The molecule has 4 aromatic rings. The van der Waals surface area contributed by atoms with Crippen LogP contribution >= 0.6 is 0 Å². The lowest BCUT2D eigenvalue weighted by Gasteiger charge is -2.28. The van der Waals surface area contributed by atoms with Crippen molar-refractivity contribution in [2.75, 3.05) is 6.54 Å². The maximum atomic E-state index is 14.4. The summed E-state index contributed by atoms with van der Waals surface area (Å²) in [6.45, 7) is 7.77. The molecule has 0 bridgehead atoms. The Morgan fingerprint density at radius 2 is 1.27 bits per heavy atom. The Morgan fingerprint density at radius 3 is 1.79 bits per heavy atom. The molecule has 0 fully saturated rings. The van der Waals surface area contributed by atoms with Gasteiger partial charge in [0.2, 0.25) is 11.8 Å². The fraction of sp³-hybridized carbons (Fsp3) is 0.425. The second-order valence-electron chi connectivity index (χ2n) is 13.4. The predicted molar refractivity (Wildman–Crippen MR) is 192 cm³/mol. The average molecular weight is 654 g/mol. The Morgan fingerprint density at radius 1 is 0.729 bits per heavy atom. The van der Waals surface area contributed by atoms with Gasteiger partial charge in [-0.2, -0.15) is 0 Å². The molecule has 8 nitrogen and oxygen atoms in total. The van der Waals surface area contributed by atoms with Crippen LogP contribution in [0, 0.1) is 11.8 Å². The first-order valence-electron chi connectivity index (χ1n) is 17.2. The van der Waals surface area contributed by atoms with Gasteiger partial charge < -0.3 is 26.2 Å². The quantitative estimate of drug-likeness (QED) is 0.0836. The van der Waals surface area contributed by atoms with E-state index < -0.39 is 42.1 Å². The van der Waals surface area contributed by atoms with Gasteiger partial charge in [-0.25, -0.2) is 4.79 Å². The molecule has 0 heterocycles. The highest BCUT2D eigenvalue weighted by molar-refractivity contribution is 5.91. The van der Waals surface area contributed by atoms with Crippen LogP contribution in [0.2, 0.25) is 0 Å². The first kappa shape index (κ1) is 36.6. The van der Waals surface area contributed by atoms with E-state index in [0.717, 1.165) is 32.7 Å². The van der Waals surface area contributed by atoms with E-state index in [-0.39, 0.29) is 11.8 Å². The van der Waals surface area contributed by atoms with Crippen LogP contribution in [0.25, 0.3) is 21.5 Å². The minimum atomic E-state index is -1.54. The third-order valence-corrected chi connectivity index (χ3v) is 8.67. The normalized spacial score (nSPS) is 13.5. The first-order valence-corrected chi connectivity index (χ1v) is 17.2. The zero-order valence-electron chi connectivity index (χ0n) is 28.7. The Kier molecular flexibility index (Phi) is 13.5. The van der Waals surface area contributed by atoms with E-state index in [1.807, 2.05) is 50.2 Å². The average Bonchev–Trinajstić information content (AvgIpc) is 3.06. The molecule has 0 saturated carbocycles. The number of nitrogens with two attached hydrogens (primary N) is 1. The number of amides is 2. The van der Waals surface area contributed by atoms with Gasteiger partial charge in [0.05, 0.1) is 12.1 Å². The minimum Gasteiger partial charge on any atom is -0.461 e. The summed E-state index contributed by atoms with van der Waals surface area (Å²) in [6.07, 6.45) is 1.04. The molecule has 4 aromatic carbocycles. The molecule has 0 spiro atoms. The molecule has 0 aromatic heterocycles. The third-order valence-electron chi connectivity index (χ3n) is 8.67. The fourth-order valence-corrected chi connectivity index (χ4v) is 6.30. The van der Waals surface area contributed by atoms with Crippen molar-refractivity contribution < 1.29 is 24.2 Å². The highest BCUT2D eigenvalue weighted by atomic mass is 16.6. The van der Waals surface area contributed by atoms with Crippen molar-refractivity contribution in [3.05, 3.63) is 96.1 Å². The number of hydrogen-bond acceptors (Lipinski definition) is 6. The predicted octanol–water partition coefficient (Wildman–Crippen LogP) is 5.85. The number of hydrogen-bond donors (Lipinski definition) is 4. The van der Waals surface area contributed by atoms with Gasteiger partial charge in [0.15, 0.2) is 6.10 Å². The SMILES string of the molecule is CC(C)CC(NC(=O)C(CCCCN)NC(=O)C(Cc1cccc2ccccc12)Cc1cccc2ccccc12)[C@@H](O)C(=O)OC(C)C. The van der Waals surface area contributed by atoms with Crippen LogP contribution in [0.3, 0.4) is 0 Å². The van der Waals surface area contributed by atoms with E-state index in [1.165, 1.54) is 0 Å². The molecule has 0 aliphatic carbocycles. The standard InChI is InChI=1S/C40H51N3O5/c1-26(2)23-36(37(44)40(47)48-27(3)4)43-39(46)35(21-9-10-22-41)42-38(45)32(24-30-17-11-15-28-13-5-7-19-33(28)30)25-31-18-12-16-29-14-6-8-20-34(29)31/h5-8,11-20,26-27,32,35-37,44H,9-10,21-25,41H2,1-4H3,(H,42,45)(H,43,46)/t35?,36?,37-/m1/s1. The number of esters is 1. The van der Waals surface area contributed by atoms with Gasteiger partial charge in [0.1, 0.15) is 6.04 Å². The lowest BCUT2D eigenvalue weighted by atomic mass is 9.87. The summed E-state index contributed by atoms with van der Waals surface area (Å²) >= 11 is 0. The lowest BCUT2D eigenvalue weighted by Crippen LogP contribution is -2.55. The van der Waals surface area contributed by atoms with Gasteiger partial charge >= 0.3 is 5.97 Å². The van der Waals surface area contributed by atoms with Gasteiger partial charge in [-0.05, 0) is 97.5 Å². The topological polar surface area (TPSA) is 131 Å². The summed E-state index contributed by atoms with van der Waals surface area (Å²) in [5.74, 6) is -1.87. The molecule has 48 heavy (non-hydrogen) atoms. The Hall–Kier alpha value is -4.27. The number of aliphatic hydroxyl groups excluding tert-OH is 1. The molecule has 256 valence electrons. The number of aliphatic hydroxyl groups is 1. The number of carbonyl (C=O) groups excluding carboxylic acids is 3. The summed E-state index contributed by atoms with van der Waals surface area (Å²) in [5, 5.41) is 21.2. The smallest absolute Gasteiger partial charge is 0.337 e. The summed E-state index contributed by atoms with van der Waals surface area (Å²) in [6, 6.07) is 26.8. The summed E-state index contributed by atoms with van der Waals surface area (Å²) in [4.78, 5) is 40.9. The molecule has 2 unspecified atom stereocenters. The van der Waals surface area contributed by atoms with E-state index in [1.54, 1.807) is 13.8 Å². The number of unbranched alkanes of at least 4 members (excludes halogenated alkanes) is 1. The molecule has 0 saturated heterocycles. The van der Waals surface area contributed by atoms with Crippen molar-refractivity contribution in [2.45, 2.75) is 90.5 Å². The number of nitrogens with one attached hydrogen (secondary N) is 2. The van der Waals surface area contributed by atoms with Gasteiger partial charge in [0, 0.05) is 5.92 Å². The van der Waals surface area contributed by atoms with E-state index >= 15 is 0 Å². The second-order valence-corrected chi connectivity index (χ2v) is 13.4. The highest BCUT2D eigenvalue weighted by Crippen LogP contribution is 2.26. The van der Waals surface area contributed by atoms with Gasteiger partial charge in [-0.15, -0.1) is 0 Å². The maximum Gasteiger partial charge on any atom is 0.337 e. The van der Waals surface area contributed by atoms with Crippen LogP contribution in [0.1, 0.15) is 64.5 Å². The summed E-state index contributed by atoms with van der Waals surface area (Å²) in [7, 11) is 0. The van der Waals surface area contributed by atoms with E-state index in [4.69, 9.17) is 10.5 Å². The lowest BCUT2D eigenvalue weighted by molar-refractivity contribution is -0.159. The molecule has 8 heteroatoms. The largest absolute Gasteiger partial charge is 0.461 e. The monoisotopic (exact) mass is 653 g/mol. The molecular weight excluding hydrogens is 602 g/mol. The molecule has 4 rings (SSSR count). The number of rotatable bonds is 17. The van der Waals surface area contributed by atoms with Crippen LogP contribution in [0.5, 0.6) is 0 Å². The van der Waals surface area contributed by atoms with Gasteiger partial charge in [0.25, 0.3) is 0 Å². The zero-order chi connectivity index (χ0) is 34.6. The van der Waals surface area contributed by atoms with Crippen LogP contribution < -0.4 is 16.4 Å². The molecule has 2 amide bonds. The van der Waals surface area contributed by atoms with Crippen molar-refractivity contribution in [1.29, 1.82) is 0 Å². The Labute approximate surface area is 284 Å². The Bertz CT molecular complexity index is 1580. The third kappa shape index (κ3) is 10.1. The van der Waals surface area contributed by atoms with Crippen LogP contribution in [0.15, 0.2) is 84.9 Å². The molecule has 0 radical (unpaired) electrons. The van der Waals surface area contributed by atoms with E-state index in [0.29, 0.717) is 45.1 Å². The van der Waals surface area contributed by atoms with Gasteiger partial charge in [-0.1, -0.05) is 98.8 Å². The number of fused-ring (bicyclic) bond motifs is 2. The van der Waals surface area contributed by atoms with Crippen molar-refractivity contribution >= 4 is 39.3 Å². The molecular formula is C40H51N3O5. The molecule has 5 N–H and O–H groups in total. The maximum absolute atomic E-state index is 14.4. The van der Waals surface area contributed by atoms with Crippen LogP contribution in [-0.4, -0.2) is 53.7 Å².